The van der Waals surface area contributed by atoms with Gasteiger partial charge in [-0.3, -0.25) is 4.79 Å². The van der Waals surface area contributed by atoms with E-state index in [4.69, 9.17) is 16.3 Å². The molecule has 0 aromatic heterocycles. The van der Waals surface area contributed by atoms with Gasteiger partial charge in [0.15, 0.2) is 6.61 Å². The molecule has 0 saturated heterocycles. The van der Waals surface area contributed by atoms with Crippen LogP contribution in [0, 0.1) is 0 Å². The summed E-state index contributed by atoms with van der Waals surface area (Å²) in [5, 5.41) is 1.98. The van der Waals surface area contributed by atoms with Gasteiger partial charge >= 0.3 is 12.1 Å². The van der Waals surface area contributed by atoms with Crippen molar-refractivity contribution in [1.82, 2.24) is 4.72 Å². The Balaban J connectivity index is 2.05. The zero-order valence-corrected chi connectivity index (χ0v) is 16.3. The molecule has 2 aromatic rings. The van der Waals surface area contributed by atoms with E-state index in [-0.39, 0.29) is 21.2 Å². The van der Waals surface area contributed by atoms with Crippen molar-refractivity contribution < 1.29 is 35.9 Å². The molecule has 0 heterocycles. The number of esters is 1. The van der Waals surface area contributed by atoms with Gasteiger partial charge in [0, 0.05) is 0 Å². The van der Waals surface area contributed by atoms with Crippen molar-refractivity contribution in [2.75, 3.05) is 19.0 Å². The summed E-state index contributed by atoms with van der Waals surface area (Å²) in [5.41, 5.74) is -1.45. The molecule has 0 aliphatic rings. The van der Waals surface area contributed by atoms with Crippen LogP contribution in [-0.2, 0) is 25.7 Å². The molecule has 2 N–H and O–H groups in total. The van der Waals surface area contributed by atoms with Crippen molar-refractivity contribution in [3.8, 4) is 0 Å². The van der Waals surface area contributed by atoms with E-state index in [2.05, 4.69) is 10.0 Å². The Hall–Kier alpha value is -2.63. The monoisotopic (exact) mass is 450 g/mol. The molecule has 1 amide bonds. The number of alkyl halides is 3. The van der Waals surface area contributed by atoms with Crippen LogP contribution in [0.3, 0.4) is 0 Å². The first-order chi connectivity index (χ1) is 13.4. The third-order valence-corrected chi connectivity index (χ3v) is 5.29. The summed E-state index contributed by atoms with van der Waals surface area (Å²) < 4.78 is 68.6. The van der Waals surface area contributed by atoms with Crippen LogP contribution in [-0.4, -0.2) is 33.9 Å². The second-order valence-electron chi connectivity index (χ2n) is 5.55. The number of ether oxygens (including phenoxy) is 1. The Labute approximate surface area is 168 Å². The van der Waals surface area contributed by atoms with Crippen molar-refractivity contribution >= 4 is 39.2 Å². The number of rotatable bonds is 6. The molecule has 0 saturated carbocycles. The zero-order valence-electron chi connectivity index (χ0n) is 14.7. The van der Waals surface area contributed by atoms with Gasteiger partial charge in [-0.2, -0.15) is 13.2 Å². The number of halogens is 4. The number of anilines is 1. The van der Waals surface area contributed by atoms with Gasteiger partial charge in [-0.1, -0.05) is 17.7 Å². The maximum atomic E-state index is 12.7. The summed E-state index contributed by atoms with van der Waals surface area (Å²) in [6.45, 7) is -0.825. The summed E-state index contributed by atoms with van der Waals surface area (Å²) in [6, 6.07) is 7.26. The van der Waals surface area contributed by atoms with E-state index in [1.54, 1.807) is 0 Å². The van der Waals surface area contributed by atoms with Gasteiger partial charge in [0.25, 0.3) is 5.91 Å². The highest BCUT2D eigenvalue weighted by Crippen LogP contribution is 2.33. The third kappa shape index (κ3) is 5.92. The van der Waals surface area contributed by atoms with Crippen molar-refractivity contribution in [3.63, 3.8) is 0 Å². The molecule has 29 heavy (non-hydrogen) atoms. The van der Waals surface area contributed by atoms with Gasteiger partial charge in [-0.25, -0.2) is 17.9 Å². The minimum Gasteiger partial charge on any atom is -0.452 e. The molecule has 0 aliphatic heterocycles. The van der Waals surface area contributed by atoms with Gasteiger partial charge in [-0.05, 0) is 43.4 Å². The minimum atomic E-state index is -4.63. The molecule has 156 valence electrons. The largest absolute Gasteiger partial charge is 0.452 e. The first kappa shape index (κ1) is 22.7. The Bertz CT molecular complexity index is 1040. The third-order valence-electron chi connectivity index (χ3n) is 3.55. The Kier molecular flexibility index (Phi) is 6.88. The Morgan fingerprint density at radius 2 is 1.83 bits per heavy atom. The Morgan fingerprint density at radius 3 is 2.45 bits per heavy atom. The molecular weight excluding hydrogens is 437 g/mol. The molecular formula is C17H14ClF3N2O5S. The molecule has 0 bridgehead atoms. The lowest BCUT2D eigenvalue weighted by Gasteiger charge is -2.12. The number of hydrogen-bond donors (Lipinski definition) is 2. The molecule has 0 spiro atoms. The fraction of sp³-hybridized carbons (Fsp3) is 0.176. The van der Waals surface area contributed by atoms with Crippen LogP contribution in [0.25, 0.3) is 0 Å². The highest BCUT2D eigenvalue weighted by molar-refractivity contribution is 7.89. The molecule has 0 unspecified atom stereocenters. The fourth-order valence-electron chi connectivity index (χ4n) is 2.11. The number of carbonyl (C=O) groups excluding carboxylic acids is 2. The van der Waals surface area contributed by atoms with E-state index in [0.29, 0.717) is 6.07 Å². The van der Waals surface area contributed by atoms with E-state index in [1.165, 1.54) is 25.2 Å². The summed E-state index contributed by atoms with van der Waals surface area (Å²) in [5.74, 6) is -1.93. The smallest absolute Gasteiger partial charge is 0.416 e. The highest BCUT2D eigenvalue weighted by atomic mass is 35.5. The van der Waals surface area contributed by atoms with Crippen LogP contribution in [0.1, 0.15) is 15.9 Å². The normalized spacial score (nSPS) is 11.8. The highest BCUT2D eigenvalue weighted by Gasteiger charge is 2.31. The number of nitrogens with one attached hydrogen (secondary N) is 2. The standard InChI is InChI=1S/C17H14ClF3N2O5S/c1-22-29(26,27)12-4-2-3-10(7-12)16(25)28-9-15(24)23-14-8-11(17(19,20)21)5-6-13(14)18/h2-8,22H,9H2,1H3,(H,23,24). The molecule has 0 radical (unpaired) electrons. The molecule has 7 nitrogen and oxygen atoms in total. The van der Waals surface area contributed by atoms with Gasteiger partial charge in [0.05, 0.1) is 26.7 Å². The van der Waals surface area contributed by atoms with Crippen LogP contribution in [0.4, 0.5) is 18.9 Å². The maximum absolute atomic E-state index is 12.7. The quantitative estimate of drug-likeness (QED) is 0.659. The predicted octanol–water partition coefficient (Wildman–Crippen LogP) is 3.06. The number of carbonyl (C=O) groups is 2. The number of amides is 1. The molecule has 2 aromatic carbocycles. The second-order valence-corrected chi connectivity index (χ2v) is 7.85. The SMILES string of the molecule is CNS(=O)(=O)c1cccc(C(=O)OCC(=O)Nc2cc(C(F)(F)F)ccc2Cl)c1. The van der Waals surface area contributed by atoms with E-state index < -0.39 is 40.2 Å². The molecule has 12 heteroatoms. The summed E-state index contributed by atoms with van der Waals surface area (Å²) in [4.78, 5) is 23.7. The number of hydrogen-bond acceptors (Lipinski definition) is 5. The lowest BCUT2D eigenvalue weighted by molar-refractivity contribution is -0.137. The molecule has 0 fully saturated rings. The van der Waals surface area contributed by atoms with Crippen LogP contribution in [0.5, 0.6) is 0 Å². The molecule has 0 atom stereocenters. The van der Waals surface area contributed by atoms with E-state index >= 15 is 0 Å². The zero-order chi connectivity index (χ0) is 21.8. The van der Waals surface area contributed by atoms with E-state index in [0.717, 1.165) is 18.2 Å². The van der Waals surface area contributed by atoms with E-state index in [9.17, 15) is 31.2 Å². The minimum absolute atomic E-state index is 0.133. The fourth-order valence-corrected chi connectivity index (χ4v) is 3.05. The summed E-state index contributed by atoms with van der Waals surface area (Å²) >= 11 is 5.77. The Morgan fingerprint density at radius 1 is 1.14 bits per heavy atom. The summed E-state index contributed by atoms with van der Waals surface area (Å²) in [6.07, 6.45) is -4.63. The van der Waals surface area contributed by atoms with Gasteiger partial charge < -0.3 is 10.1 Å². The first-order valence-corrected chi connectivity index (χ1v) is 9.67. The van der Waals surface area contributed by atoms with Crippen molar-refractivity contribution in [2.24, 2.45) is 0 Å². The summed E-state index contributed by atoms with van der Waals surface area (Å²) in [7, 11) is -2.59. The van der Waals surface area contributed by atoms with Crippen LogP contribution < -0.4 is 10.0 Å². The molecule has 2 rings (SSSR count). The number of sulfonamides is 1. The first-order valence-electron chi connectivity index (χ1n) is 7.81. The van der Waals surface area contributed by atoms with E-state index in [1.807, 2.05) is 0 Å². The lowest BCUT2D eigenvalue weighted by atomic mass is 10.2. The predicted molar refractivity (Wildman–Crippen MR) is 98.1 cm³/mol. The average molecular weight is 451 g/mol. The molecule has 0 aliphatic carbocycles. The van der Waals surface area contributed by atoms with Crippen molar-refractivity contribution in [1.29, 1.82) is 0 Å². The van der Waals surface area contributed by atoms with Crippen LogP contribution in [0.15, 0.2) is 47.4 Å². The van der Waals surface area contributed by atoms with Crippen molar-refractivity contribution in [3.05, 3.63) is 58.6 Å². The van der Waals surface area contributed by atoms with Gasteiger partial charge in [0.1, 0.15) is 0 Å². The van der Waals surface area contributed by atoms with Crippen molar-refractivity contribution in [2.45, 2.75) is 11.1 Å². The van der Waals surface area contributed by atoms with Gasteiger partial charge in [0.2, 0.25) is 10.0 Å². The van der Waals surface area contributed by atoms with Gasteiger partial charge in [-0.15, -0.1) is 0 Å². The average Bonchev–Trinajstić information content (AvgIpc) is 2.67. The van der Waals surface area contributed by atoms with Crippen LogP contribution in [0.2, 0.25) is 5.02 Å². The topological polar surface area (TPSA) is 102 Å². The maximum Gasteiger partial charge on any atom is 0.416 e. The lowest BCUT2D eigenvalue weighted by Crippen LogP contribution is -2.22. The number of benzene rings is 2. The second kappa shape index (κ2) is 8.80. The van der Waals surface area contributed by atoms with Crippen LogP contribution >= 0.6 is 11.6 Å².